The summed E-state index contributed by atoms with van der Waals surface area (Å²) in [6.07, 6.45) is 0.366. The molecule has 5 heteroatoms. The molecule has 14 heavy (non-hydrogen) atoms. The van der Waals surface area contributed by atoms with Crippen molar-refractivity contribution in [2.24, 2.45) is 4.99 Å². The van der Waals surface area contributed by atoms with E-state index in [0.717, 1.165) is 5.22 Å². The van der Waals surface area contributed by atoms with Crippen LogP contribution in [0.3, 0.4) is 0 Å². The lowest BCUT2D eigenvalue weighted by Crippen LogP contribution is -2.38. The molecule has 2 rings (SSSR count). The van der Waals surface area contributed by atoms with Gasteiger partial charge in [-0.05, 0) is 12.1 Å². The third kappa shape index (κ3) is 1.56. The maximum Gasteiger partial charge on any atom is 0.407 e. The maximum absolute atomic E-state index is 10.4. The predicted molar refractivity (Wildman–Crippen MR) is 51.4 cm³/mol. The minimum Gasteiger partial charge on any atom is -0.465 e. The zero-order chi connectivity index (χ0) is 10.2. The number of nitrogens with one attached hydrogen (secondary N) is 1. The first-order valence-corrected chi connectivity index (χ1v) is 4.35. The fourth-order valence-electron chi connectivity index (χ4n) is 1.34. The largest absolute Gasteiger partial charge is 0.465 e. The fourth-order valence-corrected chi connectivity index (χ4v) is 1.63. The first-order chi connectivity index (χ1) is 6.59. The van der Waals surface area contributed by atoms with Crippen molar-refractivity contribution in [1.82, 2.24) is 5.32 Å². The van der Waals surface area contributed by atoms with Crippen LogP contribution in [0, 0.1) is 0 Å². The van der Waals surface area contributed by atoms with E-state index in [-0.39, 0.29) is 0 Å². The van der Waals surface area contributed by atoms with Crippen LogP contribution in [0.15, 0.2) is 29.3 Å². The second-order valence-corrected chi connectivity index (χ2v) is 3.49. The molecular weight excluding hydrogens is 204 g/mol. The SMILES string of the molecule is O=C(O)NC1(Cl)C=c2ccccc2=N1. The Balaban J connectivity index is 2.48. The number of halogens is 1. The Labute approximate surface area is 84.5 Å². The minimum absolute atomic E-state index is 0.691. The van der Waals surface area contributed by atoms with Crippen LogP contribution in [-0.2, 0) is 0 Å². The van der Waals surface area contributed by atoms with Gasteiger partial charge in [0.15, 0.2) is 0 Å². The highest BCUT2D eigenvalue weighted by Crippen LogP contribution is 2.15. The highest BCUT2D eigenvalue weighted by Gasteiger charge is 2.27. The van der Waals surface area contributed by atoms with E-state index in [0.29, 0.717) is 5.36 Å². The lowest BCUT2D eigenvalue weighted by Gasteiger charge is -2.14. The number of carbonyl (C=O) groups is 1. The number of amides is 1. The van der Waals surface area contributed by atoms with Crippen molar-refractivity contribution in [3.8, 4) is 0 Å². The molecule has 1 aliphatic heterocycles. The first kappa shape index (κ1) is 9.02. The number of rotatable bonds is 1. The Morgan fingerprint density at radius 1 is 1.50 bits per heavy atom. The van der Waals surface area contributed by atoms with Gasteiger partial charge in [0.1, 0.15) is 0 Å². The van der Waals surface area contributed by atoms with Gasteiger partial charge < -0.3 is 5.11 Å². The molecule has 1 aromatic rings. The Morgan fingerprint density at radius 3 is 2.86 bits per heavy atom. The van der Waals surface area contributed by atoms with Gasteiger partial charge in [0.05, 0.1) is 5.36 Å². The van der Waals surface area contributed by atoms with Crippen LogP contribution in [0.1, 0.15) is 0 Å². The van der Waals surface area contributed by atoms with E-state index in [1.807, 2.05) is 18.2 Å². The van der Waals surface area contributed by atoms with Gasteiger partial charge in [0.25, 0.3) is 0 Å². The van der Waals surface area contributed by atoms with Crippen molar-refractivity contribution in [2.45, 2.75) is 5.12 Å². The smallest absolute Gasteiger partial charge is 0.407 e. The molecule has 0 radical (unpaired) electrons. The third-order valence-electron chi connectivity index (χ3n) is 1.85. The molecule has 4 nitrogen and oxygen atoms in total. The number of nitrogens with zero attached hydrogens (tertiary/aromatic N) is 1. The highest BCUT2D eigenvalue weighted by atomic mass is 35.5. The zero-order valence-corrected chi connectivity index (χ0v) is 7.82. The standard InChI is InChI=1S/C9H7ClN2O2/c10-9(12-8(13)14)5-6-3-1-2-4-7(6)11-9/h1-5,12H,(H,13,14). The third-order valence-corrected chi connectivity index (χ3v) is 2.14. The molecule has 1 heterocycles. The second-order valence-electron chi connectivity index (χ2n) is 2.92. The number of fused-ring (bicyclic) bond motifs is 1. The molecule has 0 spiro atoms. The van der Waals surface area contributed by atoms with Crippen molar-refractivity contribution in [2.75, 3.05) is 0 Å². The summed E-state index contributed by atoms with van der Waals surface area (Å²) in [5.74, 6) is 0. The average molecular weight is 211 g/mol. The molecule has 0 fully saturated rings. The van der Waals surface area contributed by atoms with Gasteiger partial charge in [-0.2, -0.15) is 0 Å². The molecule has 1 aromatic carbocycles. The monoisotopic (exact) mass is 210 g/mol. The van der Waals surface area contributed by atoms with Crippen molar-refractivity contribution in [3.63, 3.8) is 0 Å². The van der Waals surface area contributed by atoms with Gasteiger partial charge in [0, 0.05) is 5.22 Å². The quantitative estimate of drug-likeness (QED) is 0.516. The molecule has 0 bridgehead atoms. The van der Waals surface area contributed by atoms with E-state index in [2.05, 4.69) is 10.3 Å². The summed E-state index contributed by atoms with van der Waals surface area (Å²) in [5, 5.41) is 10.8. The zero-order valence-electron chi connectivity index (χ0n) is 7.07. The number of para-hydroxylation sites is 1. The van der Waals surface area contributed by atoms with Gasteiger partial charge in [0.2, 0.25) is 5.12 Å². The van der Waals surface area contributed by atoms with Gasteiger partial charge in [-0.1, -0.05) is 29.8 Å². The number of carboxylic acid groups (broad SMARTS) is 1. The molecule has 1 aliphatic rings. The van der Waals surface area contributed by atoms with Gasteiger partial charge in [-0.15, -0.1) is 0 Å². The van der Waals surface area contributed by atoms with Crippen molar-refractivity contribution in [3.05, 3.63) is 34.8 Å². The second kappa shape index (κ2) is 2.99. The Bertz CT molecular complexity index is 463. The van der Waals surface area contributed by atoms with Crippen LogP contribution < -0.4 is 15.9 Å². The summed E-state index contributed by atoms with van der Waals surface area (Å²) in [6, 6.07) is 7.26. The molecule has 1 unspecified atom stereocenters. The molecule has 0 aliphatic carbocycles. The van der Waals surface area contributed by atoms with Crippen molar-refractivity contribution >= 4 is 23.8 Å². The lowest BCUT2D eigenvalue weighted by atomic mass is 10.3. The first-order valence-electron chi connectivity index (χ1n) is 3.97. The van der Waals surface area contributed by atoms with Crippen molar-refractivity contribution in [1.29, 1.82) is 0 Å². The van der Waals surface area contributed by atoms with E-state index in [4.69, 9.17) is 16.7 Å². The topological polar surface area (TPSA) is 61.7 Å². The average Bonchev–Trinajstić information content (AvgIpc) is 2.38. The highest BCUT2D eigenvalue weighted by molar-refractivity contribution is 6.28. The summed E-state index contributed by atoms with van der Waals surface area (Å²) in [5.41, 5.74) is 0. The Hall–Kier alpha value is -1.55. The molecule has 0 saturated carbocycles. The van der Waals surface area contributed by atoms with E-state index >= 15 is 0 Å². The molecule has 1 amide bonds. The van der Waals surface area contributed by atoms with E-state index in [1.54, 1.807) is 12.1 Å². The van der Waals surface area contributed by atoms with Crippen LogP contribution in [0.2, 0.25) is 0 Å². The number of hydrogen-bond acceptors (Lipinski definition) is 2. The van der Waals surface area contributed by atoms with Crippen molar-refractivity contribution < 1.29 is 9.90 Å². The van der Waals surface area contributed by atoms with Crippen LogP contribution in [-0.4, -0.2) is 16.3 Å². The summed E-state index contributed by atoms with van der Waals surface area (Å²) < 4.78 is 0. The number of hydrogen-bond donors (Lipinski definition) is 2. The summed E-state index contributed by atoms with van der Waals surface area (Å²) in [4.78, 5) is 14.5. The number of alkyl halides is 1. The molecule has 0 aromatic heterocycles. The summed E-state index contributed by atoms with van der Waals surface area (Å²) >= 11 is 5.92. The van der Waals surface area contributed by atoms with E-state index < -0.39 is 11.2 Å². The molecular formula is C9H7ClN2O2. The van der Waals surface area contributed by atoms with Gasteiger partial charge >= 0.3 is 6.09 Å². The Kier molecular flexibility index (Phi) is 1.93. The molecule has 72 valence electrons. The molecule has 0 saturated heterocycles. The molecule has 1 atom stereocenters. The maximum atomic E-state index is 10.4. The van der Waals surface area contributed by atoms with E-state index in [9.17, 15) is 4.79 Å². The lowest BCUT2D eigenvalue weighted by molar-refractivity contribution is 0.191. The number of benzene rings is 1. The molecule has 2 N–H and O–H groups in total. The van der Waals surface area contributed by atoms with Crippen LogP contribution >= 0.6 is 11.6 Å². The van der Waals surface area contributed by atoms with Crippen LogP contribution in [0.25, 0.3) is 6.08 Å². The van der Waals surface area contributed by atoms with Crippen LogP contribution in [0.4, 0.5) is 4.79 Å². The van der Waals surface area contributed by atoms with Crippen LogP contribution in [0.5, 0.6) is 0 Å². The van der Waals surface area contributed by atoms with Gasteiger partial charge in [-0.25, -0.2) is 9.79 Å². The summed E-state index contributed by atoms with van der Waals surface area (Å²) in [6.45, 7) is 0. The summed E-state index contributed by atoms with van der Waals surface area (Å²) in [7, 11) is 0. The normalized spacial score (nSPS) is 23.2. The van der Waals surface area contributed by atoms with Gasteiger partial charge in [-0.3, -0.25) is 5.32 Å². The predicted octanol–water partition coefficient (Wildman–Crippen LogP) is 0.261. The Morgan fingerprint density at radius 2 is 2.21 bits per heavy atom. The van der Waals surface area contributed by atoms with E-state index in [1.165, 1.54) is 0 Å². The fraction of sp³-hybridized carbons (Fsp3) is 0.111. The minimum atomic E-state index is -1.35.